The van der Waals surface area contributed by atoms with Crippen LogP contribution in [0.2, 0.25) is 10.0 Å². The van der Waals surface area contributed by atoms with E-state index in [-0.39, 0.29) is 35.3 Å². The number of nitrogens with one attached hydrogen (secondary N) is 2. The number of halogens is 2. The molecule has 1 saturated heterocycles. The summed E-state index contributed by atoms with van der Waals surface area (Å²) in [6.07, 6.45) is 11.3. The fourth-order valence-corrected chi connectivity index (χ4v) is 11.0. The fraction of sp³-hybridized carbons (Fsp3) is 0.525. The predicted octanol–water partition coefficient (Wildman–Crippen LogP) is 13.3. The average Bonchev–Trinajstić information content (AvgIpc) is 3.67. The van der Waals surface area contributed by atoms with Crippen LogP contribution in [0.15, 0.2) is 97.1 Å². The zero-order valence-corrected chi connectivity index (χ0v) is 47.8. The molecule has 0 bridgehead atoms. The third-order valence-electron chi connectivity index (χ3n) is 15.1. The number of aliphatic hydroxyl groups is 1. The van der Waals surface area contributed by atoms with Crippen molar-refractivity contribution in [2.45, 2.75) is 162 Å². The SMILES string of the molecule is CC(C)(C)C1CCC(=O)CC1.CCC[C@@H](NC(=O)C(N)c1cccc(Cl)c1)c1ccc(C(=O)OC)cc1.CCC[C@H](c1ccc(C(=O)OC)cc1)N1C(=O)C(c2cccc(Cl)c2)NC12CCC(C(C)(C)C)CC2.CO. The van der Waals surface area contributed by atoms with Crippen molar-refractivity contribution in [1.29, 1.82) is 0 Å². The molecule has 2 aliphatic carbocycles. The van der Waals surface area contributed by atoms with Crippen LogP contribution in [0.25, 0.3) is 0 Å². The van der Waals surface area contributed by atoms with Crippen molar-refractivity contribution in [3.05, 3.63) is 140 Å². The molecule has 2 amide bonds. The van der Waals surface area contributed by atoms with Gasteiger partial charge < -0.3 is 30.5 Å². The summed E-state index contributed by atoms with van der Waals surface area (Å²) in [7, 11) is 3.73. The van der Waals surface area contributed by atoms with Gasteiger partial charge in [-0.15, -0.1) is 0 Å². The van der Waals surface area contributed by atoms with E-state index in [0.29, 0.717) is 43.9 Å². The zero-order valence-electron chi connectivity index (χ0n) is 46.3. The molecule has 14 heteroatoms. The average molecular weight is 1070 g/mol. The van der Waals surface area contributed by atoms with Crippen molar-refractivity contribution in [3.63, 3.8) is 0 Å². The molecule has 7 rings (SSSR count). The number of amides is 2. The number of benzene rings is 4. The molecule has 410 valence electrons. The largest absolute Gasteiger partial charge is 0.465 e. The first-order chi connectivity index (χ1) is 35.5. The molecule has 3 aliphatic rings. The van der Waals surface area contributed by atoms with E-state index >= 15 is 0 Å². The number of nitrogens with zero attached hydrogens (tertiary/aromatic N) is 1. The fourth-order valence-electron chi connectivity index (χ4n) is 10.6. The van der Waals surface area contributed by atoms with Crippen LogP contribution in [0.1, 0.15) is 200 Å². The summed E-state index contributed by atoms with van der Waals surface area (Å²) in [6.45, 7) is 18.0. The number of carbonyl (C=O) groups is 5. The van der Waals surface area contributed by atoms with Gasteiger partial charge in [-0.05, 0) is 145 Å². The first-order valence-corrected chi connectivity index (χ1v) is 27.3. The Hall–Kier alpha value is -5.11. The summed E-state index contributed by atoms with van der Waals surface area (Å²) in [4.78, 5) is 63.4. The Labute approximate surface area is 457 Å². The summed E-state index contributed by atoms with van der Waals surface area (Å²) in [5, 5.41) is 15.0. The minimum Gasteiger partial charge on any atom is -0.465 e. The van der Waals surface area contributed by atoms with Crippen molar-refractivity contribution < 1.29 is 38.6 Å². The van der Waals surface area contributed by atoms with Crippen LogP contribution in [0.4, 0.5) is 0 Å². The second kappa shape index (κ2) is 28.9. The number of methoxy groups -OCH3 is 2. The first-order valence-electron chi connectivity index (χ1n) is 26.6. The third-order valence-corrected chi connectivity index (χ3v) is 15.5. The number of hydrogen-bond acceptors (Lipinski definition) is 10. The molecule has 12 nitrogen and oxygen atoms in total. The van der Waals surface area contributed by atoms with Gasteiger partial charge in [0.2, 0.25) is 11.8 Å². The van der Waals surface area contributed by atoms with Gasteiger partial charge in [0.05, 0.1) is 43.1 Å². The van der Waals surface area contributed by atoms with Crippen LogP contribution in [-0.4, -0.2) is 66.5 Å². The number of aliphatic hydroxyl groups excluding tert-OH is 1. The number of hydrogen-bond donors (Lipinski definition) is 4. The molecular weight excluding hydrogens is 988 g/mol. The minimum absolute atomic E-state index is 0.0860. The van der Waals surface area contributed by atoms with Gasteiger partial charge in [0, 0.05) is 30.0 Å². The van der Waals surface area contributed by atoms with Crippen LogP contribution < -0.4 is 16.4 Å². The normalized spacial score (nSPS) is 20.0. The van der Waals surface area contributed by atoms with E-state index in [4.69, 9.17) is 43.5 Å². The molecule has 1 heterocycles. The van der Waals surface area contributed by atoms with Crippen LogP contribution in [0, 0.1) is 22.7 Å². The maximum Gasteiger partial charge on any atom is 0.337 e. The molecule has 2 saturated carbocycles. The molecule has 1 spiro atoms. The lowest BCUT2D eigenvalue weighted by Gasteiger charge is -2.49. The second-order valence-electron chi connectivity index (χ2n) is 22.1. The topological polar surface area (TPSA) is 177 Å². The number of rotatable bonds is 13. The smallest absolute Gasteiger partial charge is 0.337 e. The first kappa shape index (κ1) is 62.4. The highest BCUT2D eigenvalue weighted by Crippen LogP contribution is 2.50. The molecule has 5 N–H and O–H groups in total. The van der Waals surface area contributed by atoms with Crippen molar-refractivity contribution >= 4 is 52.7 Å². The predicted molar refractivity (Wildman–Crippen MR) is 300 cm³/mol. The third kappa shape index (κ3) is 17.2. The Morgan fingerprint density at radius 2 is 1.19 bits per heavy atom. The molecule has 75 heavy (non-hydrogen) atoms. The van der Waals surface area contributed by atoms with Gasteiger partial charge in [0.1, 0.15) is 17.9 Å². The van der Waals surface area contributed by atoms with Gasteiger partial charge in [0.15, 0.2) is 0 Å². The van der Waals surface area contributed by atoms with Gasteiger partial charge in [-0.1, -0.05) is 140 Å². The second-order valence-corrected chi connectivity index (χ2v) is 23.0. The number of Topliss-reactive ketones (excluding diaryl/α,β-unsaturated/α-hetero) is 1. The summed E-state index contributed by atoms with van der Waals surface area (Å²) < 4.78 is 9.58. The molecule has 3 fully saturated rings. The quantitative estimate of drug-likeness (QED) is 0.0942. The monoisotopic (exact) mass is 1070 g/mol. The molecule has 0 radical (unpaired) electrons. The summed E-state index contributed by atoms with van der Waals surface area (Å²) in [6, 6.07) is 27.6. The van der Waals surface area contributed by atoms with Crippen LogP contribution >= 0.6 is 23.2 Å². The maximum atomic E-state index is 14.2. The highest BCUT2D eigenvalue weighted by Gasteiger charge is 2.55. The molecule has 4 atom stereocenters. The van der Waals surface area contributed by atoms with E-state index < -0.39 is 23.7 Å². The Balaban J connectivity index is 0.000000271. The van der Waals surface area contributed by atoms with Gasteiger partial charge in [0.25, 0.3) is 0 Å². The lowest BCUT2D eigenvalue weighted by atomic mass is 9.69. The maximum absolute atomic E-state index is 14.2. The van der Waals surface area contributed by atoms with Crippen molar-refractivity contribution in [1.82, 2.24) is 15.5 Å². The van der Waals surface area contributed by atoms with Crippen molar-refractivity contribution in [2.75, 3.05) is 21.3 Å². The molecule has 2 unspecified atom stereocenters. The van der Waals surface area contributed by atoms with E-state index in [0.717, 1.165) is 107 Å². The Kier molecular flexibility index (Phi) is 24.0. The standard InChI is InChI=1S/C30H39ClN2O3.C20H23ClN2O3.C10H18O.CH4O/c1-6-8-25(20-11-13-21(14-12-20)28(35)36-5)33-27(34)26(22-9-7-10-24(31)19-22)32-30(33)17-15-23(16-18-30)29(2,3)4;1-3-5-17(13-8-10-14(11-9-13)20(25)26-2)23-19(24)18(22)15-6-4-7-16(21)12-15;1-10(2,3)8-4-6-9(11)7-5-8;1-2/h7,9-14,19,23,25-26,32H,6,8,15-18H2,1-5H3;4,6-12,17-18H,3,5,22H2,1-2H3,(H,23,24);8H,4-7H2,1-3H3;2H,1H3/t23?,25-,26?,30?;17-,18?;;/m11../s1. The van der Waals surface area contributed by atoms with Crippen LogP contribution in [-0.2, 0) is 23.9 Å². The van der Waals surface area contributed by atoms with E-state index in [1.807, 2.05) is 55.5 Å². The Morgan fingerprint density at radius 3 is 1.65 bits per heavy atom. The molecule has 0 aromatic heterocycles. The van der Waals surface area contributed by atoms with Gasteiger partial charge >= 0.3 is 11.9 Å². The van der Waals surface area contributed by atoms with E-state index in [1.54, 1.807) is 48.5 Å². The van der Waals surface area contributed by atoms with E-state index in [1.165, 1.54) is 14.2 Å². The lowest BCUT2D eigenvalue weighted by Crippen LogP contribution is -2.56. The highest BCUT2D eigenvalue weighted by atomic mass is 35.5. The van der Waals surface area contributed by atoms with Gasteiger partial charge in [-0.25, -0.2) is 9.59 Å². The van der Waals surface area contributed by atoms with Crippen LogP contribution in [0.3, 0.4) is 0 Å². The van der Waals surface area contributed by atoms with Gasteiger partial charge in [-0.2, -0.15) is 0 Å². The number of carbonyl (C=O) groups excluding carboxylic acids is 5. The number of ketones is 1. The molecule has 4 aromatic carbocycles. The van der Waals surface area contributed by atoms with Crippen LogP contribution in [0.5, 0.6) is 0 Å². The Morgan fingerprint density at radius 1 is 0.707 bits per heavy atom. The number of nitrogens with two attached hydrogens (primary N) is 1. The lowest BCUT2D eigenvalue weighted by molar-refractivity contribution is -0.137. The van der Waals surface area contributed by atoms with Crippen molar-refractivity contribution in [2.24, 2.45) is 28.4 Å². The van der Waals surface area contributed by atoms with Crippen molar-refractivity contribution in [3.8, 4) is 0 Å². The Bertz CT molecular complexity index is 2470. The molecular formula is C61H84Cl2N4O8. The summed E-state index contributed by atoms with van der Waals surface area (Å²) in [5.74, 6) is 0.924. The highest BCUT2D eigenvalue weighted by molar-refractivity contribution is 6.31. The minimum atomic E-state index is -0.803. The number of ether oxygens (including phenoxy) is 2. The molecule has 4 aromatic rings. The number of esters is 2. The van der Waals surface area contributed by atoms with E-state index in [2.05, 4.69) is 64.0 Å². The summed E-state index contributed by atoms with van der Waals surface area (Å²) in [5.41, 5.74) is 10.8. The summed E-state index contributed by atoms with van der Waals surface area (Å²) >= 11 is 12.3. The molecule has 1 aliphatic heterocycles. The van der Waals surface area contributed by atoms with Gasteiger partial charge in [-0.3, -0.25) is 19.7 Å². The van der Waals surface area contributed by atoms with E-state index in [9.17, 15) is 24.0 Å². The zero-order chi connectivity index (χ0) is 55.7.